The van der Waals surface area contributed by atoms with Crippen LogP contribution in [0.1, 0.15) is 6.92 Å². The second-order valence-corrected chi connectivity index (χ2v) is 7.59. The van der Waals surface area contributed by atoms with Crippen molar-refractivity contribution in [1.29, 1.82) is 0 Å². The van der Waals surface area contributed by atoms with Gasteiger partial charge < -0.3 is 14.6 Å². The van der Waals surface area contributed by atoms with Crippen LogP contribution in [0.4, 0.5) is 5.69 Å². The van der Waals surface area contributed by atoms with Crippen molar-refractivity contribution >= 4 is 34.1 Å². The second kappa shape index (κ2) is 9.00. The Balaban J connectivity index is 1.47. The molecule has 0 aliphatic rings. The van der Waals surface area contributed by atoms with Crippen molar-refractivity contribution in [2.45, 2.75) is 18.6 Å². The topological polar surface area (TPSA) is 69.0 Å². The number of rotatable bonds is 7. The van der Waals surface area contributed by atoms with Crippen LogP contribution in [0.3, 0.4) is 0 Å². The van der Waals surface area contributed by atoms with Gasteiger partial charge >= 0.3 is 0 Å². The monoisotopic (exact) mass is 418 g/mol. The van der Waals surface area contributed by atoms with Crippen molar-refractivity contribution in [2.75, 3.05) is 18.2 Å². The highest BCUT2D eigenvalue weighted by Gasteiger charge is 2.15. The number of fused-ring (bicyclic) bond motifs is 1. The molecule has 30 heavy (non-hydrogen) atoms. The molecule has 1 amide bonds. The Morgan fingerprint density at radius 2 is 1.80 bits per heavy atom. The molecule has 3 aromatic carbocycles. The molecule has 0 aliphatic carbocycles. The third kappa shape index (κ3) is 4.16. The zero-order chi connectivity index (χ0) is 20.9. The molecule has 0 saturated carbocycles. The number of thioether (sulfide) groups is 1. The normalized spacial score (nSPS) is 10.9. The van der Waals surface area contributed by atoms with Gasteiger partial charge in [0.15, 0.2) is 11.0 Å². The highest BCUT2D eigenvalue weighted by Crippen LogP contribution is 2.27. The molecule has 7 heteroatoms. The SMILES string of the molecule is CCn1c(SCC(=O)Nc2cccc3ccccc23)nnc1-c1ccc(OC)cc1. The largest absolute Gasteiger partial charge is 0.497 e. The fourth-order valence-electron chi connectivity index (χ4n) is 3.28. The molecule has 0 spiro atoms. The van der Waals surface area contributed by atoms with Gasteiger partial charge in [0.25, 0.3) is 0 Å². The van der Waals surface area contributed by atoms with Crippen LogP contribution in [-0.2, 0) is 11.3 Å². The van der Waals surface area contributed by atoms with E-state index < -0.39 is 0 Å². The van der Waals surface area contributed by atoms with Crippen LogP contribution in [0.2, 0.25) is 0 Å². The fourth-order valence-corrected chi connectivity index (χ4v) is 4.09. The number of hydrogen-bond acceptors (Lipinski definition) is 5. The molecule has 0 bridgehead atoms. The lowest BCUT2D eigenvalue weighted by Crippen LogP contribution is -2.15. The molecule has 0 fully saturated rings. The first-order valence-corrected chi connectivity index (χ1v) is 10.7. The summed E-state index contributed by atoms with van der Waals surface area (Å²) in [6, 6.07) is 21.6. The minimum absolute atomic E-state index is 0.0759. The first-order chi connectivity index (χ1) is 14.7. The molecule has 0 radical (unpaired) electrons. The van der Waals surface area contributed by atoms with Crippen LogP contribution in [0.15, 0.2) is 71.9 Å². The summed E-state index contributed by atoms with van der Waals surface area (Å²) < 4.78 is 7.23. The van der Waals surface area contributed by atoms with Gasteiger partial charge in [-0.3, -0.25) is 4.79 Å². The van der Waals surface area contributed by atoms with Crippen molar-refractivity contribution in [3.8, 4) is 17.1 Å². The van der Waals surface area contributed by atoms with Crippen molar-refractivity contribution in [1.82, 2.24) is 14.8 Å². The second-order valence-electron chi connectivity index (χ2n) is 6.64. The van der Waals surface area contributed by atoms with Crippen LogP contribution in [0.5, 0.6) is 5.75 Å². The predicted molar refractivity (Wildman–Crippen MR) is 121 cm³/mol. The van der Waals surface area contributed by atoms with Crippen molar-refractivity contribution in [3.05, 3.63) is 66.7 Å². The van der Waals surface area contributed by atoms with Crippen molar-refractivity contribution < 1.29 is 9.53 Å². The Labute approximate surface area is 179 Å². The van der Waals surface area contributed by atoms with E-state index in [2.05, 4.69) is 15.5 Å². The molecule has 1 aromatic heterocycles. The van der Waals surface area contributed by atoms with E-state index in [1.165, 1.54) is 11.8 Å². The van der Waals surface area contributed by atoms with Gasteiger partial charge in [-0.15, -0.1) is 10.2 Å². The molecular weight excluding hydrogens is 396 g/mol. The number of methoxy groups -OCH3 is 1. The number of ether oxygens (including phenoxy) is 1. The van der Waals surface area contributed by atoms with Crippen LogP contribution in [0.25, 0.3) is 22.2 Å². The van der Waals surface area contributed by atoms with Crippen LogP contribution < -0.4 is 10.1 Å². The maximum absolute atomic E-state index is 12.6. The van der Waals surface area contributed by atoms with Gasteiger partial charge in [0.2, 0.25) is 5.91 Å². The highest BCUT2D eigenvalue weighted by atomic mass is 32.2. The van der Waals surface area contributed by atoms with E-state index in [1.54, 1.807) is 7.11 Å². The van der Waals surface area contributed by atoms with Gasteiger partial charge in [-0.05, 0) is 42.6 Å². The van der Waals surface area contributed by atoms with E-state index in [4.69, 9.17) is 4.74 Å². The Morgan fingerprint density at radius 3 is 2.57 bits per heavy atom. The van der Waals surface area contributed by atoms with Gasteiger partial charge in [0.1, 0.15) is 5.75 Å². The zero-order valence-electron chi connectivity index (χ0n) is 16.8. The molecule has 0 saturated heterocycles. The average molecular weight is 419 g/mol. The molecule has 6 nitrogen and oxygen atoms in total. The fraction of sp³-hybridized carbons (Fsp3) is 0.174. The van der Waals surface area contributed by atoms with E-state index in [0.717, 1.165) is 38.8 Å². The minimum Gasteiger partial charge on any atom is -0.497 e. The molecule has 0 atom stereocenters. The number of hydrogen-bond donors (Lipinski definition) is 1. The average Bonchev–Trinajstić information content (AvgIpc) is 3.21. The number of benzene rings is 3. The summed E-state index contributed by atoms with van der Waals surface area (Å²) in [5.41, 5.74) is 1.77. The Hall–Kier alpha value is -3.32. The summed E-state index contributed by atoms with van der Waals surface area (Å²) >= 11 is 1.38. The standard InChI is InChI=1S/C23H22N4O2S/c1-3-27-22(17-11-13-18(29-2)14-12-17)25-26-23(27)30-15-21(28)24-20-10-6-8-16-7-4-5-9-19(16)20/h4-14H,3,15H2,1-2H3,(H,24,28). The molecule has 152 valence electrons. The molecule has 1 heterocycles. The summed E-state index contributed by atoms with van der Waals surface area (Å²) in [6.07, 6.45) is 0. The first kappa shape index (κ1) is 20.0. The van der Waals surface area contributed by atoms with Gasteiger partial charge in [-0.1, -0.05) is 48.2 Å². The maximum atomic E-state index is 12.6. The van der Waals surface area contributed by atoms with Gasteiger partial charge in [-0.25, -0.2) is 0 Å². The summed E-state index contributed by atoms with van der Waals surface area (Å²) in [5.74, 6) is 1.75. The highest BCUT2D eigenvalue weighted by molar-refractivity contribution is 7.99. The number of nitrogens with one attached hydrogen (secondary N) is 1. The quantitative estimate of drug-likeness (QED) is 0.434. The smallest absolute Gasteiger partial charge is 0.234 e. The third-order valence-electron chi connectivity index (χ3n) is 4.78. The number of anilines is 1. The van der Waals surface area contributed by atoms with Crippen LogP contribution >= 0.6 is 11.8 Å². The summed E-state index contributed by atoms with van der Waals surface area (Å²) in [7, 11) is 1.64. The molecule has 1 N–H and O–H groups in total. The van der Waals surface area contributed by atoms with Gasteiger partial charge in [-0.2, -0.15) is 0 Å². The Bertz CT molecular complexity index is 1170. The summed E-state index contributed by atoms with van der Waals surface area (Å²) in [5, 5.41) is 14.5. The Morgan fingerprint density at radius 1 is 1.03 bits per heavy atom. The maximum Gasteiger partial charge on any atom is 0.234 e. The van der Waals surface area contributed by atoms with E-state index in [-0.39, 0.29) is 11.7 Å². The minimum atomic E-state index is -0.0759. The van der Waals surface area contributed by atoms with Crippen LogP contribution in [-0.4, -0.2) is 33.5 Å². The lowest BCUT2D eigenvalue weighted by molar-refractivity contribution is -0.113. The third-order valence-corrected chi connectivity index (χ3v) is 5.74. The first-order valence-electron chi connectivity index (χ1n) is 9.67. The van der Waals surface area contributed by atoms with E-state index in [0.29, 0.717) is 6.54 Å². The Kier molecular flexibility index (Phi) is 5.99. The molecule has 0 aliphatic heterocycles. The van der Waals surface area contributed by atoms with E-state index in [1.807, 2.05) is 78.2 Å². The summed E-state index contributed by atoms with van der Waals surface area (Å²) in [6.45, 7) is 2.75. The van der Waals surface area contributed by atoms with E-state index >= 15 is 0 Å². The molecular formula is C23H22N4O2S. The summed E-state index contributed by atoms with van der Waals surface area (Å²) in [4.78, 5) is 12.6. The number of carbonyl (C=O) groups excluding carboxylic acids is 1. The van der Waals surface area contributed by atoms with E-state index in [9.17, 15) is 4.79 Å². The van der Waals surface area contributed by atoms with Crippen molar-refractivity contribution in [2.24, 2.45) is 0 Å². The molecule has 4 aromatic rings. The molecule has 4 rings (SSSR count). The van der Waals surface area contributed by atoms with Crippen molar-refractivity contribution in [3.63, 3.8) is 0 Å². The number of nitrogens with zero attached hydrogens (tertiary/aromatic N) is 3. The van der Waals surface area contributed by atoms with Gasteiger partial charge in [0, 0.05) is 23.2 Å². The number of carbonyl (C=O) groups is 1. The zero-order valence-corrected chi connectivity index (χ0v) is 17.6. The number of aromatic nitrogens is 3. The lowest BCUT2D eigenvalue weighted by atomic mass is 10.1. The van der Waals surface area contributed by atoms with Gasteiger partial charge in [0.05, 0.1) is 12.9 Å². The predicted octanol–water partition coefficient (Wildman–Crippen LogP) is 4.86. The number of amides is 1. The lowest BCUT2D eigenvalue weighted by Gasteiger charge is -2.10. The van der Waals surface area contributed by atoms with Crippen LogP contribution in [0, 0.1) is 0 Å². The molecule has 0 unspecified atom stereocenters.